The molecule has 0 bridgehead atoms. The van der Waals surface area contributed by atoms with Gasteiger partial charge in [0.05, 0.1) is 10.6 Å². The Morgan fingerprint density at radius 3 is 2.65 bits per heavy atom. The quantitative estimate of drug-likeness (QED) is 0.449. The number of carboxylic acids is 1. The zero-order valence-electron chi connectivity index (χ0n) is 17.6. The van der Waals surface area contributed by atoms with E-state index in [1.165, 1.54) is 28.2 Å². The third-order valence-electron chi connectivity index (χ3n) is 5.95. The number of aromatic nitrogens is 1. The van der Waals surface area contributed by atoms with Crippen LogP contribution < -0.4 is 4.74 Å². The van der Waals surface area contributed by atoms with Crippen LogP contribution >= 0.6 is 11.5 Å². The monoisotopic (exact) mass is 439 g/mol. The van der Waals surface area contributed by atoms with E-state index in [9.17, 15) is 9.18 Å². The number of rotatable bonds is 9. The Balaban J connectivity index is 1.57. The van der Waals surface area contributed by atoms with Gasteiger partial charge in [-0.15, -0.1) is 0 Å². The van der Waals surface area contributed by atoms with Crippen molar-refractivity contribution in [2.24, 2.45) is 0 Å². The molecule has 4 rings (SSSR count). The second-order valence-corrected chi connectivity index (χ2v) is 8.69. The van der Waals surface area contributed by atoms with Crippen molar-refractivity contribution in [1.29, 1.82) is 0 Å². The van der Waals surface area contributed by atoms with Gasteiger partial charge in [0.25, 0.3) is 0 Å². The number of ether oxygens (including phenoxy) is 1. The van der Waals surface area contributed by atoms with Crippen molar-refractivity contribution in [3.8, 4) is 17.0 Å². The second kappa shape index (κ2) is 9.60. The predicted octanol–water partition coefficient (Wildman–Crippen LogP) is 5.93. The van der Waals surface area contributed by atoms with Crippen LogP contribution in [0.15, 0.2) is 36.4 Å². The van der Waals surface area contributed by atoms with Crippen LogP contribution in [0.3, 0.4) is 0 Å². The van der Waals surface area contributed by atoms with Crippen molar-refractivity contribution in [2.75, 3.05) is 0 Å². The van der Waals surface area contributed by atoms with Gasteiger partial charge in [0.15, 0.2) is 0 Å². The smallest absolute Gasteiger partial charge is 0.303 e. The van der Waals surface area contributed by atoms with Crippen molar-refractivity contribution < 1.29 is 19.0 Å². The lowest BCUT2D eigenvalue weighted by molar-refractivity contribution is -0.136. The molecule has 6 heteroatoms. The molecule has 0 fully saturated rings. The van der Waals surface area contributed by atoms with Gasteiger partial charge in [0, 0.05) is 17.5 Å². The first-order chi connectivity index (χ1) is 15.1. The van der Waals surface area contributed by atoms with Crippen molar-refractivity contribution in [2.45, 2.75) is 58.7 Å². The molecule has 0 radical (unpaired) electrons. The summed E-state index contributed by atoms with van der Waals surface area (Å²) in [5.74, 6) is 0.0325. The SMILES string of the molecule is CCc1ccc(-c2nsc(CF)c2COc2ccc(CCC(=O)O)c3c2CCC3)cc1. The molecule has 3 aromatic rings. The standard InChI is InChI=1S/C25H26FNO3S/c1-2-16-6-8-18(9-7-16)25-21(23(14-26)31-27-25)15-30-22-12-10-17(11-13-24(28)29)19-4-3-5-20(19)22/h6-10,12H,2-5,11,13-15H2,1H3,(H,28,29). The zero-order chi connectivity index (χ0) is 21.8. The first kappa shape index (κ1) is 21.5. The van der Waals surface area contributed by atoms with Gasteiger partial charge >= 0.3 is 5.97 Å². The first-order valence-electron chi connectivity index (χ1n) is 10.7. The Morgan fingerprint density at radius 1 is 1.16 bits per heavy atom. The van der Waals surface area contributed by atoms with Gasteiger partial charge in [-0.2, -0.15) is 4.37 Å². The molecule has 0 atom stereocenters. The molecule has 0 saturated heterocycles. The predicted molar refractivity (Wildman–Crippen MR) is 120 cm³/mol. The Hall–Kier alpha value is -2.73. The molecule has 0 unspecified atom stereocenters. The molecule has 162 valence electrons. The first-order valence-corrected chi connectivity index (χ1v) is 11.5. The molecule has 1 aliphatic carbocycles. The minimum Gasteiger partial charge on any atom is -0.488 e. The van der Waals surface area contributed by atoms with Gasteiger partial charge in [0.1, 0.15) is 19.0 Å². The highest BCUT2D eigenvalue weighted by Crippen LogP contribution is 2.36. The number of hydrogen-bond acceptors (Lipinski definition) is 4. The second-order valence-electron chi connectivity index (χ2n) is 7.83. The van der Waals surface area contributed by atoms with Gasteiger partial charge in [-0.3, -0.25) is 4.79 Å². The van der Waals surface area contributed by atoms with E-state index in [0.29, 0.717) is 11.3 Å². The normalized spacial score (nSPS) is 12.7. The van der Waals surface area contributed by atoms with Gasteiger partial charge < -0.3 is 9.84 Å². The number of carbonyl (C=O) groups is 1. The van der Waals surface area contributed by atoms with E-state index in [-0.39, 0.29) is 13.0 Å². The Morgan fingerprint density at radius 2 is 1.94 bits per heavy atom. The summed E-state index contributed by atoms with van der Waals surface area (Å²) in [6, 6.07) is 12.2. The molecule has 1 heterocycles. The average molecular weight is 440 g/mol. The molecular formula is C25H26FNO3S. The number of aryl methyl sites for hydroxylation is 2. The van der Waals surface area contributed by atoms with Crippen molar-refractivity contribution in [1.82, 2.24) is 4.37 Å². The molecule has 1 N–H and O–H groups in total. The lowest BCUT2D eigenvalue weighted by Gasteiger charge is -2.15. The Bertz CT molecular complexity index is 1080. The van der Waals surface area contributed by atoms with Gasteiger partial charge in [-0.1, -0.05) is 37.3 Å². The van der Waals surface area contributed by atoms with E-state index in [1.807, 2.05) is 24.3 Å². The summed E-state index contributed by atoms with van der Waals surface area (Å²) in [5.41, 5.74) is 7.31. The van der Waals surface area contributed by atoms with E-state index >= 15 is 0 Å². The highest BCUT2D eigenvalue weighted by atomic mass is 32.1. The summed E-state index contributed by atoms with van der Waals surface area (Å²) < 4.78 is 24.4. The maximum Gasteiger partial charge on any atom is 0.303 e. The Labute approximate surface area is 185 Å². The zero-order valence-corrected chi connectivity index (χ0v) is 18.4. The minimum atomic E-state index is -0.782. The molecule has 4 nitrogen and oxygen atoms in total. The third kappa shape index (κ3) is 4.64. The molecule has 0 aliphatic heterocycles. The van der Waals surface area contributed by atoms with Gasteiger partial charge in [-0.05, 0) is 72.0 Å². The van der Waals surface area contributed by atoms with E-state index < -0.39 is 12.6 Å². The van der Waals surface area contributed by atoms with E-state index in [1.54, 1.807) is 0 Å². The molecule has 31 heavy (non-hydrogen) atoms. The summed E-state index contributed by atoms with van der Waals surface area (Å²) in [6.07, 6.45) is 4.56. The van der Waals surface area contributed by atoms with Crippen LogP contribution in [0, 0.1) is 0 Å². The lowest BCUT2D eigenvalue weighted by Crippen LogP contribution is -2.04. The molecule has 1 aliphatic rings. The minimum absolute atomic E-state index is 0.132. The average Bonchev–Trinajstić information content (AvgIpc) is 3.44. The number of carboxylic acid groups (broad SMARTS) is 1. The van der Waals surface area contributed by atoms with Gasteiger partial charge in [0.2, 0.25) is 0 Å². The number of benzene rings is 2. The van der Waals surface area contributed by atoms with Gasteiger partial charge in [-0.25, -0.2) is 4.39 Å². The molecule has 1 aromatic heterocycles. The molecule has 0 spiro atoms. The summed E-state index contributed by atoms with van der Waals surface area (Å²) in [4.78, 5) is 11.6. The number of aliphatic carboxylic acids is 1. The van der Waals surface area contributed by atoms with Crippen LogP contribution in [-0.4, -0.2) is 15.4 Å². The lowest BCUT2D eigenvalue weighted by atomic mass is 9.98. The number of fused-ring (bicyclic) bond motifs is 1. The fourth-order valence-electron chi connectivity index (χ4n) is 4.23. The van der Waals surface area contributed by atoms with Crippen LogP contribution in [0.4, 0.5) is 4.39 Å². The van der Waals surface area contributed by atoms with Crippen LogP contribution in [0.1, 0.15) is 52.5 Å². The van der Waals surface area contributed by atoms with Crippen molar-refractivity contribution >= 4 is 17.5 Å². The van der Waals surface area contributed by atoms with Crippen molar-refractivity contribution in [3.05, 3.63) is 69.1 Å². The number of hydrogen-bond donors (Lipinski definition) is 1. The molecule has 0 amide bonds. The highest BCUT2D eigenvalue weighted by Gasteiger charge is 2.21. The summed E-state index contributed by atoms with van der Waals surface area (Å²) in [7, 11) is 0. The molecule has 0 saturated carbocycles. The van der Waals surface area contributed by atoms with Crippen LogP contribution in [0.2, 0.25) is 0 Å². The Kier molecular flexibility index (Phi) is 6.66. The molecule has 2 aromatic carbocycles. The topological polar surface area (TPSA) is 59.4 Å². The largest absolute Gasteiger partial charge is 0.488 e. The number of halogens is 1. The fourth-order valence-corrected chi connectivity index (χ4v) is 4.96. The van der Waals surface area contributed by atoms with E-state index in [2.05, 4.69) is 23.4 Å². The maximum absolute atomic E-state index is 13.6. The summed E-state index contributed by atoms with van der Waals surface area (Å²) in [5, 5.41) is 9.01. The number of nitrogens with zero attached hydrogens (tertiary/aromatic N) is 1. The van der Waals surface area contributed by atoms with Crippen LogP contribution in [0.5, 0.6) is 5.75 Å². The highest BCUT2D eigenvalue weighted by molar-refractivity contribution is 7.06. The van der Waals surface area contributed by atoms with E-state index in [4.69, 9.17) is 9.84 Å². The van der Waals surface area contributed by atoms with Crippen LogP contribution in [-0.2, 0) is 43.8 Å². The fraction of sp³-hybridized carbons (Fsp3) is 0.360. The van der Waals surface area contributed by atoms with Crippen molar-refractivity contribution in [3.63, 3.8) is 0 Å². The summed E-state index contributed by atoms with van der Waals surface area (Å²) in [6.45, 7) is 1.82. The number of alkyl halides is 1. The summed E-state index contributed by atoms with van der Waals surface area (Å²) >= 11 is 1.19. The van der Waals surface area contributed by atoms with Crippen LogP contribution in [0.25, 0.3) is 11.3 Å². The molecular weight excluding hydrogens is 413 g/mol. The third-order valence-corrected chi connectivity index (χ3v) is 6.80. The maximum atomic E-state index is 13.6. The van der Waals surface area contributed by atoms with E-state index in [0.717, 1.165) is 53.8 Å².